The minimum absolute atomic E-state index is 0.595. The van der Waals surface area contributed by atoms with Crippen LogP contribution in [0.25, 0.3) is 0 Å². The third-order valence-electron chi connectivity index (χ3n) is 1.11. The van der Waals surface area contributed by atoms with Crippen LogP contribution >= 0.6 is 22.9 Å². The van der Waals surface area contributed by atoms with Crippen molar-refractivity contribution >= 4 is 22.9 Å². The van der Waals surface area contributed by atoms with Crippen LogP contribution < -0.4 is 5.73 Å². The molecular weight excluding hydrogens is 154 g/mol. The fraction of sp³-hybridized carbons (Fsp3) is 0.333. The summed E-state index contributed by atoms with van der Waals surface area (Å²) in [7, 11) is 0. The fourth-order valence-electron chi connectivity index (χ4n) is 0.624. The summed E-state index contributed by atoms with van der Waals surface area (Å²) >= 11 is 7.33. The highest BCUT2D eigenvalue weighted by Gasteiger charge is 1.99. The predicted octanol–water partition coefficient (Wildman–Crippen LogP) is 2.17. The highest BCUT2D eigenvalue weighted by molar-refractivity contribution is 7.16. The molecule has 0 atom stereocenters. The average Bonchev–Trinajstić information content (AvgIpc) is 2.13. The number of nitrogens with two attached hydrogens (primary N) is 1. The molecule has 1 aromatic rings. The first kappa shape index (κ1) is 7.06. The van der Waals surface area contributed by atoms with E-state index in [2.05, 4.69) is 0 Å². The zero-order valence-electron chi connectivity index (χ0n) is 5.15. The van der Waals surface area contributed by atoms with Gasteiger partial charge in [-0.05, 0) is 18.6 Å². The van der Waals surface area contributed by atoms with Gasteiger partial charge in [0.25, 0.3) is 0 Å². The van der Waals surface area contributed by atoms with E-state index in [4.69, 9.17) is 17.3 Å². The lowest BCUT2D eigenvalue weighted by molar-refractivity contribution is 1.10. The van der Waals surface area contributed by atoms with Crippen LogP contribution in [-0.4, -0.2) is 0 Å². The summed E-state index contributed by atoms with van der Waals surface area (Å²) in [6.07, 6.45) is 0. The Hall–Kier alpha value is -0.0500. The van der Waals surface area contributed by atoms with Crippen LogP contribution in [0.5, 0.6) is 0 Å². The normalized spacial score (nSPS) is 10.1. The Morgan fingerprint density at radius 2 is 2.44 bits per heavy atom. The Morgan fingerprint density at radius 1 is 1.78 bits per heavy atom. The first-order valence-electron chi connectivity index (χ1n) is 2.69. The quantitative estimate of drug-likeness (QED) is 0.672. The Bertz CT molecular complexity index is 187. The minimum atomic E-state index is 0.595. The number of hydrogen-bond acceptors (Lipinski definition) is 2. The van der Waals surface area contributed by atoms with Crippen molar-refractivity contribution in [2.45, 2.75) is 13.5 Å². The van der Waals surface area contributed by atoms with Crippen molar-refractivity contribution < 1.29 is 0 Å². The van der Waals surface area contributed by atoms with E-state index in [9.17, 15) is 0 Å². The third kappa shape index (κ3) is 1.45. The number of halogens is 1. The Morgan fingerprint density at radius 3 is 2.67 bits per heavy atom. The van der Waals surface area contributed by atoms with E-state index in [0.717, 1.165) is 14.8 Å². The molecule has 0 spiro atoms. The predicted molar refractivity (Wildman–Crippen MR) is 42.0 cm³/mol. The molecule has 0 aliphatic heterocycles. The van der Waals surface area contributed by atoms with Gasteiger partial charge in [0, 0.05) is 11.4 Å². The lowest BCUT2D eigenvalue weighted by Crippen LogP contribution is -1.91. The molecule has 9 heavy (non-hydrogen) atoms. The summed E-state index contributed by atoms with van der Waals surface area (Å²) in [5, 5.41) is 0. The van der Waals surface area contributed by atoms with Crippen molar-refractivity contribution in [3.8, 4) is 0 Å². The van der Waals surface area contributed by atoms with Gasteiger partial charge in [0.05, 0.1) is 4.34 Å². The van der Waals surface area contributed by atoms with Crippen molar-refractivity contribution in [2.75, 3.05) is 0 Å². The van der Waals surface area contributed by atoms with Gasteiger partial charge in [0.2, 0.25) is 0 Å². The van der Waals surface area contributed by atoms with Crippen LogP contribution in [0.3, 0.4) is 0 Å². The number of aryl methyl sites for hydroxylation is 1. The molecule has 0 unspecified atom stereocenters. The molecule has 1 heterocycles. The van der Waals surface area contributed by atoms with E-state index < -0.39 is 0 Å². The molecule has 0 aromatic carbocycles. The Balaban J connectivity index is 2.98. The van der Waals surface area contributed by atoms with E-state index >= 15 is 0 Å². The Kier molecular flexibility index (Phi) is 2.11. The fourth-order valence-corrected chi connectivity index (χ4v) is 1.74. The first-order chi connectivity index (χ1) is 4.24. The van der Waals surface area contributed by atoms with Gasteiger partial charge in [-0.2, -0.15) is 0 Å². The van der Waals surface area contributed by atoms with E-state index in [1.807, 2.05) is 13.0 Å². The topological polar surface area (TPSA) is 26.0 Å². The van der Waals surface area contributed by atoms with Crippen molar-refractivity contribution in [3.63, 3.8) is 0 Å². The monoisotopic (exact) mass is 161 g/mol. The largest absolute Gasteiger partial charge is 0.326 e. The van der Waals surface area contributed by atoms with Crippen molar-refractivity contribution in [1.29, 1.82) is 0 Å². The maximum atomic E-state index is 5.77. The standard InChI is InChI=1S/C6H8ClNS/c1-4-2-5(3-8)9-6(4)7/h2H,3,8H2,1H3. The van der Waals surface area contributed by atoms with E-state index in [1.165, 1.54) is 0 Å². The molecule has 0 saturated carbocycles. The smallest absolute Gasteiger partial charge is 0.0960 e. The maximum absolute atomic E-state index is 5.77. The molecule has 0 amide bonds. The van der Waals surface area contributed by atoms with Crippen LogP contribution in [0.15, 0.2) is 6.07 Å². The van der Waals surface area contributed by atoms with Crippen molar-refractivity contribution in [3.05, 3.63) is 20.8 Å². The van der Waals surface area contributed by atoms with Gasteiger partial charge < -0.3 is 5.73 Å². The number of thiophene rings is 1. The van der Waals surface area contributed by atoms with Crippen LogP contribution in [-0.2, 0) is 6.54 Å². The Labute approximate surface area is 63.4 Å². The second-order valence-electron chi connectivity index (χ2n) is 1.87. The summed E-state index contributed by atoms with van der Waals surface area (Å²) in [5.74, 6) is 0. The van der Waals surface area contributed by atoms with Gasteiger partial charge in [-0.1, -0.05) is 11.6 Å². The highest BCUT2D eigenvalue weighted by atomic mass is 35.5. The molecule has 0 aliphatic rings. The SMILES string of the molecule is Cc1cc(CN)sc1Cl. The second kappa shape index (κ2) is 2.69. The third-order valence-corrected chi connectivity index (χ3v) is 2.69. The molecule has 0 fully saturated rings. The van der Waals surface area contributed by atoms with Gasteiger partial charge in [-0.25, -0.2) is 0 Å². The van der Waals surface area contributed by atoms with E-state index in [0.29, 0.717) is 6.54 Å². The summed E-state index contributed by atoms with van der Waals surface area (Å²) in [5.41, 5.74) is 6.51. The molecule has 50 valence electrons. The molecule has 0 saturated heterocycles. The lowest BCUT2D eigenvalue weighted by Gasteiger charge is -1.80. The first-order valence-corrected chi connectivity index (χ1v) is 3.88. The zero-order valence-corrected chi connectivity index (χ0v) is 6.72. The average molecular weight is 162 g/mol. The summed E-state index contributed by atoms with van der Waals surface area (Å²) in [6, 6.07) is 2.02. The zero-order chi connectivity index (χ0) is 6.85. The van der Waals surface area contributed by atoms with Crippen LogP contribution in [0, 0.1) is 6.92 Å². The molecule has 2 N–H and O–H groups in total. The van der Waals surface area contributed by atoms with Gasteiger partial charge >= 0.3 is 0 Å². The van der Waals surface area contributed by atoms with Crippen molar-refractivity contribution in [2.24, 2.45) is 5.73 Å². The van der Waals surface area contributed by atoms with Crippen molar-refractivity contribution in [1.82, 2.24) is 0 Å². The summed E-state index contributed by atoms with van der Waals surface area (Å²) < 4.78 is 0.857. The molecular formula is C6H8ClNS. The maximum Gasteiger partial charge on any atom is 0.0960 e. The second-order valence-corrected chi connectivity index (χ2v) is 3.61. The molecule has 1 rings (SSSR count). The summed E-state index contributed by atoms with van der Waals surface area (Å²) in [4.78, 5) is 1.15. The molecule has 1 nitrogen and oxygen atoms in total. The van der Waals surface area contributed by atoms with Crippen LogP contribution in [0.2, 0.25) is 4.34 Å². The highest BCUT2D eigenvalue weighted by Crippen LogP contribution is 2.25. The van der Waals surface area contributed by atoms with Crippen LogP contribution in [0.4, 0.5) is 0 Å². The van der Waals surface area contributed by atoms with Gasteiger partial charge in [-0.15, -0.1) is 11.3 Å². The molecule has 3 heteroatoms. The van der Waals surface area contributed by atoms with Gasteiger partial charge in [-0.3, -0.25) is 0 Å². The minimum Gasteiger partial charge on any atom is -0.326 e. The number of hydrogen-bond donors (Lipinski definition) is 1. The molecule has 0 bridgehead atoms. The molecule has 0 radical (unpaired) electrons. The van der Waals surface area contributed by atoms with E-state index in [-0.39, 0.29) is 0 Å². The van der Waals surface area contributed by atoms with E-state index in [1.54, 1.807) is 11.3 Å². The number of rotatable bonds is 1. The van der Waals surface area contributed by atoms with Gasteiger partial charge in [0.15, 0.2) is 0 Å². The lowest BCUT2D eigenvalue weighted by atomic mass is 10.3. The summed E-state index contributed by atoms with van der Waals surface area (Å²) in [6.45, 7) is 2.58. The van der Waals surface area contributed by atoms with Crippen LogP contribution in [0.1, 0.15) is 10.4 Å². The van der Waals surface area contributed by atoms with Gasteiger partial charge in [0.1, 0.15) is 0 Å². The molecule has 0 aliphatic carbocycles. The molecule has 1 aromatic heterocycles.